The summed E-state index contributed by atoms with van der Waals surface area (Å²) < 4.78 is 0. The number of Topliss-reactive ketones (excluding diaryl/α,β-unsaturated/α-hetero) is 1. The SMILES string of the molecule is CCC(C(=O)c1ccccc1)N1CCCC(C)(C)C1. The first-order chi connectivity index (χ1) is 9.03. The second-order valence-electron chi connectivity index (χ2n) is 6.39. The zero-order valence-corrected chi connectivity index (χ0v) is 12.4. The zero-order chi connectivity index (χ0) is 13.9. The molecule has 0 aromatic heterocycles. The summed E-state index contributed by atoms with van der Waals surface area (Å²) in [5.74, 6) is 0.279. The maximum atomic E-state index is 12.6. The van der Waals surface area contributed by atoms with E-state index < -0.39 is 0 Å². The molecule has 0 saturated carbocycles. The van der Waals surface area contributed by atoms with Gasteiger partial charge in [0.05, 0.1) is 6.04 Å². The molecular formula is C17H25NO. The molecule has 0 amide bonds. The number of carbonyl (C=O) groups is 1. The first-order valence-electron chi connectivity index (χ1n) is 7.37. The van der Waals surface area contributed by atoms with Crippen molar-refractivity contribution in [2.24, 2.45) is 5.41 Å². The minimum atomic E-state index is 0.0435. The normalized spacial score (nSPS) is 21.0. The highest BCUT2D eigenvalue weighted by atomic mass is 16.1. The predicted octanol–water partition coefficient (Wildman–Crippen LogP) is 3.77. The standard InChI is InChI=1S/C17H25NO/c1-4-15(16(19)14-9-6-5-7-10-14)18-12-8-11-17(2,3)13-18/h5-7,9-10,15H,4,8,11-13H2,1-3H3. The Bertz CT molecular complexity index is 424. The topological polar surface area (TPSA) is 20.3 Å². The minimum Gasteiger partial charge on any atom is -0.293 e. The maximum Gasteiger partial charge on any atom is 0.179 e. The number of hydrogen-bond donors (Lipinski definition) is 0. The van der Waals surface area contributed by atoms with Gasteiger partial charge in [0, 0.05) is 12.1 Å². The van der Waals surface area contributed by atoms with Crippen LogP contribution in [0.25, 0.3) is 0 Å². The highest BCUT2D eigenvalue weighted by Crippen LogP contribution is 2.30. The molecule has 0 aliphatic carbocycles. The van der Waals surface area contributed by atoms with Gasteiger partial charge in [-0.25, -0.2) is 0 Å². The van der Waals surface area contributed by atoms with Gasteiger partial charge in [0.2, 0.25) is 0 Å². The lowest BCUT2D eigenvalue weighted by Gasteiger charge is -2.41. The Morgan fingerprint density at radius 3 is 2.58 bits per heavy atom. The molecule has 0 radical (unpaired) electrons. The highest BCUT2D eigenvalue weighted by Gasteiger charge is 2.33. The summed E-state index contributed by atoms with van der Waals surface area (Å²) in [5.41, 5.74) is 1.18. The van der Waals surface area contributed by atoms with E-state index in [2.05, 4.69) is 25.7 Å². The van der Waals surface area contributed by atoms with E-state index >= 15 is 0 Å². The molecule has 104 valence electrons. The predicted molar refractivity (Wildman–Crippen MR) is 79.4 cm³/mol. The van der Waals surface area contributed by atoms with Crippen LogP contribution in [0, 0.1) is 5.41 Å². The maximum absolute atomic E-state index is 12.6. The number of rotatable bonds is 4. The van der Waals surface area contributed by atoms with E-state index in [1.165, 1.54) is 12.8 Å². The lowest BCUT2D eigenvalue weighted by atomic mass is 9.83. The Balaban J connectivity index is 2.14. The molecule has 19 heavy (non-hydrogen) atoms. The van der Waals surface area contributed by atoms with Crippen LogP contribution in [-0.2, 0) is 0 Å². The molecule has 1 aromatic carbocycles. The number of benzene rings is 1. The van der Waals surface area contributed by atoms with Crippen LogP contribution >= 0.6 is 0 Å². The number of nitrogens with zero attached hydrogens (tertiary/aromatic N) is 1. The zero-order valence-electron chi connectivity index (χ0n) is 12.4. The minimum absolute atomic E-state index is 0.0435. The van der Waals surface area contributed by atoms with Gasteiger partial charge in [0.25, 0.3) is 0 Å². The largest absolute Gasteiger partial charge is 0.293 e. The van der Waals surface area contributed by atoms with E-state index in [1.807, 2.05) is 30.3 Å². The van der Waals surface area contributed by atoms with E-state index in [0.717, 1.165) is 25.1 Å². The first kappa shape index (κ1) is 14.3. The van der Waals surface area contributed by atoms with Gasteiger partial charge in [0.15, 0.2) is 5.78 Å². The van der Waals surface area contributed by atoms with Gasteiger partial charge < -0.3 is 0 Å². The Labute approximate surface area is 116 Å². The van der Waals surface area contributed by atoms with Crippen LogP contribution in [0.5, 0.6) is 0 Å². The van der Waals surface area contributed by atoms with Crippen LogP contribution in [0.15, 0.2) is 30.3 Å². The molecule has 2 heteroatoms. The molecule has 1 unspecified atom stereocenters. The third kappa shape index (κ3) is 3.44. The molecule has 2 nitrogen and oxygen atoms in total. The second kappa shape index (κ2) is 5.87. The summed E-state index contributed by atoms with van der Waals surface area (Å²) in [4.78, 5) is 15.0. The van der Waals surface area contributed by atoms with Crippen molar-refractivity contribution in [3.8, 4) is 0 Å². The molecular weight excluding hydrogens is 234 g/mol. The van der Waals surface area contributed by atoms with Crippen LogP contribution in [0.2, 0.25) is 0 Å². The van der Waals surface area contributed by atoms with Crippen LogP contribution in [0.3, 0.4) is 0 Å². The van der Waals surface area contributed by atoms with E-state index in [-0.39, 0.29) is 11.8 Å². The van der Waals surface area contributed by atoms with Gasteiger partial charge in [-0.1, -0.05) is 51.1 Å². The van der Waals surface area contributed by atoms with E-state index in [0.29, 0.717) is 5.41 Å². The molecule has 1 saturated heterocycles. The molecule has 1 aromatic rings. The van der Waals surface area contributed by atoms with Crippen molar-refractivity contribution in [1.82, 2.24) is 4.90 Å². The number of hydrogen-bond acceptors (Lipinski definition) is 2. The Kier molecular flexibility index (Phi) is 4.41. The highest BCUT2D eigenvalue weighted by molar-refractivity contribution is 6.00. The van der Waals surface area contributed by atoms with Gasteiger partial charge in [-0.05, 0) is 31.2 Å². The summed E-state index contributed by atoms with van der Waals surface area (Å²) in [6.45, 7) is 8.81. The molecule has 2 rings (SSSR count). The van der Waals surface area contributed by atoms with Crippen molar-refractivity contribution in [2.45, 2.75) is 46.1 Å². The Morgan fingerprint density at radius 2 is 2.00 bits per heavy atom. The molecule has 0 N–H and O–H groups in total. The summed E-state index contributed by atoms with van der Waals surface area (Å²) >= 11 is 0. The van der Waals surface area contributed by atoms with Crippen molar-refractivity contribution >= 4 is 5.78 Å². The summed E-state index contributed by atoms with van der Waals surface area (Å²) in [6, 6.07) is 9.75. The molecule has 0 spiro atoms. The smallest absolute Gasteiger partial charge is 0.179 e. The number of ketones is 1. The first-order valence-corrected chi connectivity index (χ1v) is 7.37. The van der Waals surface area contributed by atoms with E-state index in [9.17, 15) is 4.79 Å². The fourth-order valence-electron chi connectivity index (χ4n) is 3.14. The third-order valence-electron chi connectivity index (χ3n) is 4.12. The van der Waals surface area contributed by atoms with Crippen molar-refractivity contribution in [1.29, 1.82) is 0 Å². The Hall–Kier alpha value is -1.15. The Morgan fingerprint density at radius 1 is 1.32 bits per heavy atom. The average molecular weight is 259 g/mol. The van der Waals surface area contributed by atoms with Gasteiger partial charge in [0.1, 0.15) is 0 Å². The summed E-state index contributed by atoms with van der Waals surface area (Å²) in [6.07, 6.45) is 3.36. The average Bonchev–Trinajstić information content (AvgIpc) is 2.39. The summed E-state index contributed by atoms with van der Waals surface area (Å²) in [5, 5.41) is 0. The fourth-order valence-corrected chi connectivity index (χ4v) is 3.14. The number of carbonyl (C=O) groups excluding carboxylic acids is 1. The molecule has 1 fully saturated rings. The van der Waals surface area contributed by atoms with Gasteiger partial charge >= 0.3 is 0 Å². The van der Waals surface area contributed by atoms with Crippen molar-refractivity contribution in [2.75, 3.05) is 13.1 Å². The van der Waals surface area contributed by atoms with Crippen LogP contribution < -0.4 is 0 Å². The number of likely N-dealkylation sites (tertiary alicyclic amines) is 1. The van der Waals surface area contributed by atoms with Crippen molar-refractivity contribution < 1.29 is 4.79 Å². The summed E-state index contributed by atoms with van der Waals surface area (Å²) in [7, 11) is 0. The monoisotopic (exact) mass is 259 g/mol. The molecule has 0 bridgehead atoms. The molecule has 1 atom stereocenters. The molecule has 1 aliphatic rings. The molecule has 1 aliphatic heterocycles. The quantitative estimate of drug-likeness (QED) is 0.767. The lowest BCUT2D eigenvalue weighted by molar-refractivity contribution is 0.0577. The third-order valence-corrected chi connectivity index (χ3v) is 4.12. The number of piperidine rings is 1. The second-order valence-corrected chi connectivity index (χ2v) is 6.39. The van der Waals surface area contributed by atoms with Crippen LogP contribution in [0.1, 0.15) is 50.4 Å². The van der Waals surface area contributed by atoms with E-state index in [1.54, 1.807) is 0 Å². The van der Waals surface area contributed by atoms with Crippen LogP contribution in [-0.4, -0.2) is 29.8 Å². The van der Waals surface area contributed by atoms with Gasteiger partial charge in [-0.3, -0.25) is 9.69 Å². The van der Waals surface area contributed by atoms with Gasteiger partial charge in [-0.15, -0.1) is 0 Å². The van der Waals surface area contributed by atoms with Crippen molar-refractivity contribution in [3.05, 3.63) is 35.9 Å². The van der Waals surface area contributed by atoms with E-state index in [4.69, 9.17) is 0 Å². The van der Waals surface area contributed by atoms with Crippen molar-refractivity contribution in [3.63, 3.8) is 0 Å². The molecule has 1 heterocycles. The fraction of sp³-hybridized carbons (Fsp3) is 0.588. The van der Waals surface area contributed by atoms with Crippen LogP contribution in [0.4, 0.5) is 0 Å². The van der Waals surface area contributed by atoms with Gasteiger partial charge in [-0.2, -0.15) is 0 Å². The lowest BCUT2D eigenvalue weighted by Crippen LogP contribution is -2.48.